The Hall–Kier alpha value is -2.85. The van der Waals surface area contributed by atoms with Gasteiger partial charge >= 0.3 is 17.5 Å². The highest BCUT2D eigenvalue weighted by Gasteiger charge is 2.39. The lowest BCUT2D eigenvalue weighted by Gasteiger charge is -2.45. The van der Waals surface area contributed by atoms with E-state index in [1.807, 2.05) is 13.8 Å². The largest absolute Gasteiger partial charge is 0.573 e. The van der Waals surface area contributed by atoms with Gasteiger partial charge in [-0.05, 0) is 35.6 Å². The quantitative estimate of drug-likeness (QED) is 0.508. The maximum absolute atomic E-state index is 13.0. The molecule has 3 heterocycles. The first-order chi connectivity index (χ1) is 15.9. The first-order valence-corrected chi connectivity index (χ1v) is 11.1. The predicted molar refractivity (Wildman–Crippen MR) is 122 cm³/mol. The molecule has 34 heavy (non-hydrogen) atoms. The second-order valence-electron chi connectivity index (χ2n) is 9.23. The van der Waals surface area contributed by atoms with Crippen LogP contribution in [0.25, 0.3) is 11.2 Å². The van der Waals surface area contributed by atoms with E-state index in [9.17, 15) is 22.8 Å². The van der Waals surface area contributed by atoms with Gasteiger partial charge in [-0.3, -0.25) is 19.1 Å². The SMILES string of the molecule is Cn1c(=O)c(=O)n(C2CCN(Cc3ccc(OC(F)(F)F)cc3)CC2(C)C)c2ncc(Cl)cc21. The lowest BCUT2D eigenvalue weighted by molar-refractivity contribution is -0.274. The van der Waals surface area contributed by atoms with Crippen molar-refractivity contribution in [3.8, 4) is 5.75 Å². The zero-order valence-corrected chi connectivity index (χ0v) is 19.7. The molecule has 0 aliphatic carbocycles. The number of hydrogen-bond donors (Lipinski definition) is 0. The summed E-state index contributed by atoms with van der Waals surface area (Å²) in [6.07, 6.45) is -2.68. The Kier molecular flexibility index (Phi) is 6.24. The number of ether oxygens (including phenoxy) is 1. The molecule has 1 aromatic carbocycles. The zero-order valence-electron chi connectivity index (χ0n) is 18.9. The molecule has 0 spiro atoms. The Morgan fingerprint density at radius 3 is 2.47 bits per heavy atom. The molecular weight excluding hydrogens is 473 g/mol. The predicted octanol–water partition coefficient (Wildman–Crippen LogP) is 4.12. The third-order valence-corrected chi connectivity index (χ3v) is 6.44. The smallest absolute Gasteiger partial charge is 0.406 e. The van der Waals surface area contributed by atoms with Gasteiger partial charge in [0, 0.05) is 38.9 Å². The molecule has 4 rings (SSSR count). The van der Waals surface area contributed by atoms with Gasteiger partial charge in [-0.15, -0.1) is 13.2 Å². The highest BCUT2D eigenvalue weighted by atomic mass is 35.5. The van der Waals surface area contributed by atoms with Gasteiger partial charge in [0.1, 0.15) is 5.75 Å². The average Bonchev–Trinajstić information content (AvgIpc) is 2.74. The van der Waals surface area contributed by atoms with E-state index in [0.29, 0.717) is 42.2 Å². The highest BCUT2D eigenvalue weighted by molar-refractivity contribution is 6.31. The highest BCUT2D eigenvalue weighted by Crippen LogP contribution is 2.39. The van der Waals surface area contributed by atoms with Crippen LogP contribution in [0.3, 0.4) is 0 Å². The number of piperidine rings is 1. The number of nitrogens with zero attached hydrogens (tertiary/aromatic N) is 4. The van der Waals surface area contributed by atoms with Crippen molar-refractivity contribution in [1.29, 1.82) is 0 Å². The Morgan fingerprint density at radius 1 is 1.18 bits per heavy atom. The Balaban J connectivity index is 1.58. The second-order valence-corrected chi connectivity index (χ2v) is 9.67. The first kappa shape index (κ1) is 24.3. The van der Waals surface area contributed by atoms with Crippen molar-refractivity contribution < 1.29 is 17.9 Å². The third-order valence-electron chi connectivity index (χ3n) is 6.24. The van der Waals surface area contributed by atoms with Crippen LogP contribution >= 0.6 is 11.6 Å². The van der Waals surface area contributed by atoms with Crippen molar-refractivity contribution >= 4 is 22.8 Å². The number of likely N-dealkylation sites (tertiary alicyclic amines) is 1. The summed E-state index contributed by atoms with van der Waals surface area (Å²) < 4.78 is 43.8. The summed E-state index contributed by atoms with van der Waals surface area (Å²) in [5.74, 6) is -0.264. The Morgan fingerprint density at radius 2 is 1.85 bits per heavy atom. The fourth-order valence-corrected chi connectivity index (χ4v) is 4.87. The summed E-state index contributed by atoms with van der Waals surface area (Å²) in [7, 11) is 1.52. The number of aryl methyl sites for hydroxylation is 1. The zero-order chi connectivity index (χ0) is 24.8. The van der Waals surface area contributed by atoms with E-state index in [0.717, 1.165) is 5.56 Å². The van der Waals surface area contributed by atoms with E-state index in [1.54, 1.807) is 18.2 Å². The summed E-state index contributed by atoms with van der Waals surface area (Å²) in [6.45, 7) is 5.81. The van der Waals surface area contributed by atoms with Crippen LogP contribution in [0, 0.1) is 5.41 Å². The normalized spacial score (nSPS) is 18.9. The van der Waals surface area contributed by atoms with Crippen LogP contribution in [0.4, 0.5) is 13.2 Å². The maximum atomic E-state index is 13.0. The summed E-state index contributed by atoms with van der Waals surface area (Å²) in [6, 6.07) is 7.14. The molecule has 1 atom stereocenters. The molecule has 2 aromatic heterocycles. The van der Waals surface area contributed by atoms with Gasteiger partial charge in [0.25, 0.3) is 0 Å². The number of benzene rings is 1. The van der Waals surface area contributed by atoms with Crippen LogP contribution < -0.4 is 15.9 Å². The molecule has 1 aliphatic heterocycles. The van der Waals surface area contributed by atoms with Gasteiger partial charge in [-0.25, -0.2) is 4.98 Å². The van der Waals surface area contributed by atoms with Gasteiger partial charge in [0.2, 0.25) is 0 Å². The van der Waals surface area contributed by atoms with Gasteiger partial charge in [0.05, 0.1) is 10.5 Å². The fraction of sp³-hybridized carbons (Fsp3) is 0.435. The number of fused-ring (bicyclic) bond motifs is 1. The lowest BCUT2D eigenvalue weighted by atomic mass is 9.78. The van der Waals surface area contributed by atoms with Crippen molar-refractivity contribution in [2.45, 2.75) is 39.2 Å². The van der Waals surface area contributed by atoms with Gasteiger partial charge in [-0.2, -0.15) is 0 Å². The fourth-order valence-electron chi connectivity index (χ4n) is 4.72. The minimum atomic E-state index is -4.73. The Labute approximate surface area is 198 Å². The molecule has 1 fully saturated rings. The number of halogens is 4. The molecular formula is C23H24ClF3N4O3. The third kappa shape index (κ3) is 4.83. The summed E-state index contributed by atoms with van der Waals surface area (Å²) in [5.41, 5.74) is 0.0609. The van der Waals surface area contributed by atoms with E-state index < -0.39 is 22.9 Å². The molecule has 0 bridgehead atoms. The second kappa shape index (κ2) is 8.74. The maximum Gasteiger partial charge on any atom is 0.573 e. The van der Waals surface area contributed by atoms with Crippen LogP contribution in [0.2, 0.25) is 5.02 Å². The number of alkyl halides is 3. The molecule has 0 amide bonds. The molecule has 0 N–H and O–H groups in total. The van der Waals surface area contributed by atoms with Crippen molar-refractivity contribution in [2.75, 3.05) is 13.1 Å². The minimum absolute atomic E-state index is 0.264. The van der Waals surface area contributed by atoms with Crippen molar-refractivity contribution in [1.82, 2.24) is 19.0 Å². The van der Waals surface area contributed by atoms with Crippen LogP contribution in [0.15, 0.2) is 46.1 Å². The molecule has 1 saturated heterocycles. The van der Waals surface area contributed by atoms with Crippen LogP contribution in [-0.2, 0) is 13.6 Å². The van der Waals surface area contributed by atoms with Crippen molar-refractivity contribution in [2.24, 2.45) is 12.5 Å². The van der Waals surface area contributed by atoms with Gasteiger partial charge in [-0.1, -0.05) is 37.6 Å². The molecule has 1 aliphatic rings. The number of hydrogen-bond acceptors (Lipinski definition) is 5. The molecule has 0 saturated carbocycles. The van der Waals surface area contributed by atoms with Crippen LogP contribution in [0.1, 0.15) is 31.9 Å². The number of rotatable bonds is 4. The van der Waals surface area contributed by atoms with E-state index in [4.69, 9.17) is 11.6 Å². The molecule has 3 aromatic rings. The molecule has 0 radical (unpaired) electrons. The van der Waals surface area contributed by atoms with Crippen molar-refractivity contribution in [3.05, 3.63) is 67.8 Å². The van der Waals surface area contributed by atoms with E-state index in [1.165, 1.54) is 34.5 Å². The van der Waals surface area contributed by atoms with E-state index in [-0.39, 0.29) is 11.8 Å². The summed E-state index contributed by atoms with van der Waals surface area (Å²) in [5, 5.41) is 0.369. The number of pyridine rings is 1. The lowest BCUT2D eigenvalue weighted by Crippen LogP contribution is -2.51. The summed E-state index contributed by atoms with van der Waals surface area (Å²) in [4.78, 5) is 32.2. The molecule has 182 valence electrons. The first-order valence-electron chi connectivity index (χ1n) is 10.7. The van der Waals surface area contributed by atoms with E-state index >= 15 is 0 Å². The van der Waals surface area contributed by atoms with E-state index in [2.05, 4.69) is 14.6 Å². The monoisotopic (exact) mass is 496 g/mol. The molecule has 11 heteroatoms. The van der Waals surface area contributed by atoms with Crippen LogP contribution in [0.5, 0.6) is 5.75 Å². The van der Waals surface area contributed by atoms with Gasteiger partial charge < -0.3 is 9.30 Å². The number of aromatic nitrogens is 3. The Bertz CT molecular complexity index is 1330. The topological polar surface area (TPSA) is 69.4 Å². The minimum Gasteiger partial charge on any atom is -0.406 e. The average molecular weight is 497 g/mol. The van der Waals surface area contributed by atoms with Gasteiger partial charge in [0.15, 0.2) is 5.65 Å². The standard InChI is InChI=1S/C23H24ClF3N4O3/c1-22(2)13-30(12-14-4-6-16(7-5-14)34-23(25,26)27)9-8-18(22)31-19-17(10-15(24)11-28-19)29(3)20(32)21(31)33/h4-7,10-11,18H,8-9,12-13H2,1-3H3. The molecule has 1 unspecified atom stereocenters. The van der Waals surface area contributed by atoms with Crippen LogP contribution in [-0.4, -0.2) is 38.5 Å². The summed E-state index contributed by atoms with van der Waals surface area (Å²) >= 11 is 6.08. The molecule has 7 nitrogen and oxygen atoms in total. The van der Waals surface area contributed by atoms with Crippen molar-refractivity contribution in [3.63, 3.8) is 0 Å².